The second-order valence-corrected chi connectivity index (χ2v) is 3.93. The summed E-state index contributed by atoms with van der Waals surface area (Å²) < 4.78 is 18.3. The van der Waals surface area contributed by atoms with E-state index >= 15 is 0 Å². The Morgan fingerprint density at radius 2 is 2.12 bits per heavy atom. The number of amides is 2. The highest BCUT2D eigenvalue weighted by Crippen LogP contribution is 2.34. The number of likely N-dealkylation sites (N-methyl/N-ethyl adjacent to an activating group) is 1. The molecule has 90 valence electrons. The molecule has 17 heavy (non-hydrogen) atoms. The molecule has 0 aromatic heterocycles. The van der Waals surface area contributed by atoms with Crippen molar-refractivity contribution in [2.75, 3.05) is 14.2 Å². The molecule has 2 rings (SSSR count). The van der Waals surface area contributed by atoms with E-state index in [0.717, 1.165) is 4.90 Å². The zero-order valence-electron chi connectivity index (χ0n) is 9.57. The highest BCUT2D eigenvalue weighted by Gasteiger charge is 2.38. The smallest absolute Gasteiger partial charge is 0.237 e. The second kappa shape index (κ2) is 4.16. The minimum atomic E-state index is -0.641. The molecule has 1 fully saturated rings. The van der Waals surface area contributed by atoms with Gasteiger partial charge in [0.25, 0.3) is 0 Å². The van der Waals surface area contributed by atoms with Gasteiger partial charge in [0, 0.05) is 19.0 Å². The summed E-state index contributed by atoms with van der Waals surface area (Å²) in [6.07, 6.45) is 0.0646. The first-order chi connectivity index (χ1) is 8.04. The van der Waals surface area contributed by atoms with Gasteiger partial charge in [-0.2, -0.15) is 0 Å². The fourth-order valence-electron chi connectivity index (χ4n) is 1.98. The van der Waals surface area contributed by atoms with E-state index in [1.807, 2.05) is 0 Å². The van der Waals surface area contributed by atoms with E-state index in [0.29, 0.717) is 11.3 Å². The van der Waals surface area contributed by atoms with Crippen molar-refractivity contribution in [2.45, 2.75) is 12.3 Å². The Bertz CT molecular complexity index is 487. The largest absolute Gasteiger partial charge is 0.496 e. The van der Waals surface area contributed by atoms with Crippen molar-refractivity contribution in [3.05, 3.63) is 29.6 Å². The SMILES string of the molecule is COc1ccc(F)cc1C1CC(=O)N(C)C1=O. The van der Waals surface area contributed by atoms with Gasteiger partial charge in [-0.3, -0.25) is 14.5 Å². The molecule has 0 bridgehead atoms. The molecule has 5 heteroatoms. The van der Waals surface area contributed by atoms with Crippen LogP contribution in [0.2, 0.25) is 0 Å². The minimum absolute atomic E-state index is 0.0646. The number of methoxy groups -OCH3 is 1. The van der Waals surface area contributed by atoms with Crippen LogP contribution in [0.1, 0.15) is 17.9 Å². The van der Waals surface area contributed by atoms with E-state index in [1.165, 1.54) is 32.4 Å². The molecular formula is C12H12FNO3. The van der Waals surface area contributed by atoms with E-state index < -0.39 is 11.7 Å². The maximum atomic E-state index is 13.2. The molecule has 1 aliphatic rings. The summed E-state index contributed by atoms with van der Waals surface area (Å²) in [7, 11) is 2.87. The number of hydrogen-bond donors (Lipinski definition) is 0. The van der Waals surface area contributed by atoms with Gasteiger partial charge >= 0.3 is 0 Å². The molecule has 1 atom stereocenters. The van der Waals surface area contributed by atoms with Crippen molar-refractivity contribution in [3.63, 3.8) is 0 Å². The third kappa shape index (κ3) is 1.88. The fourth-order valence-corrected chi connectivity index (χ4v) is 1.98. The molecular weight excluding hydrogens is 225 g/mol. The first-order valence-electron chi connectivity index (χ1n) is 5.18. The van der Waals surface area contributed by atoms with Crippen LogP contribution >= 0.6 is 0 Å². The van der Waals surface area contributed by atoms with Gasteiger partial charge in [-0.15, -0.1) is 0 Å². The lowest BCUT2D eigenvalue weighted by Gasteiger charge is -2.13. The van der Waals surface area contributed by atoms with Gasteiger partial charge in [0.15, 0.2) is 0 Å². The van der Waals surface area contributed by atoms with Crippen molar-refractivity contribution in [2.24, 2.45) is 0 Å². The van der Waals surface area contributed by atoms with Gasteiger partial charge in [0.05, 0.1) is 13.0 Å². The Labute approximate surface area is 98.0 Å². The second-order valence-electron chi connectivity index (χ2n) is 3.93. The Morgan fingerprint density at radius 1 is 1.41 bits per heavy atom. The molecule has 2 amide bonds. The van der Waals surface area contributed by atoms with Crippen LogP contribution in [0, 0.1) is 5.82 Å². The van der Waals surface area contributed by atoms with Gasteiger partial charge in [0.2, 0.25) is 11.8 Å². The van der Waals surface area contributed by atoms with Crippen molar-refractivity contribution in [1.29, 1.82) is 0 Å². The number of carbonyl (C=O) groups excluding carboxylic acids is 2. The van der Waals surface area contributed by atoms with Crippen LogP contribution in [0.4, 0.5) is 4.39 Å². The molecule has 0 radical (unpaired) electrons. The molecule has 1 aromatic rings. The van der Waals surface area contributed by atoms with Crippen molar-refractivity contribution < 1.29 is 18.7 Å². The van der Waals surface area contributed by atoms with Gasteiger partial charge in [-0.05, 0) is 18.2 Å². The predicted molar refractivity (Wildman–Crippen MR) is 58.1 cm³/mol. The van der Waals surface area contributed by atoms with Crippen LogP contribution in [0.5, 0.6) is 5.75 Å². The average Bonchev–Trinajstić information content (AvgIpc) is 2.57. The van der Waals surface area contributed by atoms with Crippen LogP contribution in [0.15, 0.2) is 18.2 Å². The number of ether oxygens (including phenoxy) is 1. The zero-order valence-corrected chi connectivity index (χ0v) is 9.57. The van der Waals surface area contributed by atoms with E-state index in [9.17, 15) is 14.0 Å². The number of rotatable bonds is 2. The van der Waals surface area contributed by atoms with Gasteiger partial charge in [-0.25, -0.2) is 4.39 Å². The Morgan fingerprint density at radius 3 is 2.65 bits per heavy atom. The number of hydrogen-bond acceptors (Lipinski definition) is 3. The van der Waals surface area contributed by atoms with Crippen LogP contribution in [0.25, 0.3) is 0 Å². The number of nitrogens with zero attached hydrogens (tertiary/aromatic N) is 1. The number of benzene rings is 1. The molecule has 0 aliphatic carbocycles. The van der Waals surface area contributed by atoms with Crippen molar-refractivity contribution in [1.82, 2.24) is 4.90 Å². The monoisotopic (exact) mass is 237 g/mol. The summed E-state index contributed by atoms with van der Waals surface area (Å²) in [6, 6.07) is 3.96. The molecule has 0 N–H and O–H groups in total. The van der Waals surface area contributed by atoms with Gasteiger partial charge < -0.3 is 4.74 Å². The maximum Gasteiger partial charge on any atom is 0.237 e. The lowest BCUT2D eigenvalue weighted by Crippen LogP contribution is -2.25. The average molecular weight is 237 g/mol. The predicted octanol–water partition coefficient (Wildman–Crippen LogP) is 1.31. The summed E-state index contributed by atoms with van der Waals surface area (Å²) in [5.74, 6) is -1.24. The fraction of sp³-hybridized carbons (Fsp3) is 0.333. The molecule has 4 nitrogen and oxygen atoms in total. The van der Waals surface area contributed by atoms with E-state index in [-0.39, 0.29) is 18.2 Å². The first-order valence-corrected chi connectivity index (χ1v) is 5.18. The summed E-state index contributed by atoms with van der Waals surface area (Å²) in [6.45, 7) is 0. The van der Waals surface area contributed by atoms with E-state index in [2.05, 4.69) is 0 Å². The Hall–Kier alpha value is -1.91. The highest BCUT2D eigenvalue weighted by molar-refractivity contribution is 6.06. The van der Waals surface area contributed by atoms with E-state index in [1.54, 1.807) is 0 Å². The summed E-state index contributed by atoms with van der Waals surface area (Å²) in [5.41, 5.74) is 0.426. The minimum Gasteiger partial charge on any atom is -0.496 e. The topological polar surface area (TPSA) is 46.6 Å². The highest BCUT2D eigenvalue weighted by atomic mass is 19.1. The van der Waals surface area contributed by atoms with Gasteiger partial charge in [-0.1, -0.05) is 0 Å². The summed E-state index contributed by atoms with van der Waals surface area (Å²) >= 11 is 0. The van der Waals surface area contributed by atoms with E-state index in [4.69, 9.17) is 4.74 Å². The molecule has 1 aliphatic heterocycles. The van der Waals surface area contributed by atoms with Crippen LogP contribution in [0.3, 0.4) is 0 Å². The number of imide groups is 1. The van der Waals surface area contributed by atoms with Crippen LogP contribution < -0.4 is 4.74 Å². The molecule has 0 saturated carbocycles. The Balaban J connectivity index is 2.44. The quantitative estimate of drug-likeness (QED) is 0.728. The molecule has 1 unspecified atom stereocenters. The van der Waals surface area contributed by atoms with Crippen molar-refractivity contribution in [3.8, 4) is 5.75 Å². The third-order valence-corrected chi connectivity index (χ3v) is 2.95. The third-order valence-electron chi connectivity index (χ3n) is 2.95. The number of likely N-dealkylation sites (tertiary alicyclic amines) is 1. The van der Waals surface area contributed by atoms with Gasteiger partial charge in [0.1, 0.15) is 11.6 Å². The van der Waals surface area contributed by atoms with Crippen molar-refractivity contribution >= 4 is 11.8 Å². The van der Waals surface area contributed by atoms with Crippen LogP contribution in [-0.4, -0.2) is 30.9 Å². The normalized spacial score (nSPS) is 19.9. The first kappa shape index (κ1) is 11.6. The molecule has 1 aromatic carbocycles. The van der Waals surface area contributed by atoms with Crippen LogP contribution in [-0.2, 0) is 9.59 Å². The zero-order chi connectivity index (χ0) is 12.6. The molecule has 0 spiro atoms. The molecule has 1 heterocycles. The Kier molecular flexibility index (Phi) is 2.83. The maximum absolute atomic E-state index is 13.2. The summed E-state index contributed by atoms with van der Waals surface area (Å²) in [5, 5.41) is 0. The number of halogens is 1. The lowest BCUT2D eigenvalue weighted by atomic mass is 9.96. The lowest BCUT2D eigenvalue weighted by molar-refractivity contribution is -0.137. The molecule has 1 saturated heterocycles. The standard InChI is InChI=1S/C12H12FNO3/c1-14-11(15)6-9(12(14)16)8-5-7(13)3-4-10(8)17-2/h3-5,9H,6H2,1-2H3. The number of carbonyl (C=O) groups is 2. The summed E-state index contributed by atoms with van der Waals surface area (Å²) in [4.78, 5) is 24.3.